The molecule has 2 aliphatic heterocycles. The van der Waals surface area contributed by atoms with Crippen LogP contribution in [0.5, 0.6) is 0 Å². The molecule has 13 heteroatoms. The molecule has 0 aromatic heterocycles. The fraction of sp³-hybridized carbons (Fsp3) is 0.457. The molecule has 0 bridgehead atoms. The fourth-order valence-corrected chi connectivity index (χ4v) is 10.5. The first kappa shape index (κ1) is 44.3. The van der Waals surface area contributed by atoms with Gasteiger partial charge in [-0.2, -0.15) is 0 Å². The van der Waals surface area contributed by atoms with Crippen LogP contribution < -0.4 is 9.03 Å². The van der Waals surface area contributed by atoms with Crippen LogP contribution >= 0.6 is 0 Å². The zero-order valence-corrected chi connectivity index (χ0v) is 36.4. The van der Waals surface area contributed by atoms with E-state index in [2.05, 4.69) is 42.2 Å². The number of nitrogens with zero attached hydrogens (tertiary/aromatic N) is 3. The van der Waals surface area contributed by atoms with Crippen molar-refractivity contribution in [2.24, 2.45) is 0 Å². The first-order valence-corrected chi connectivity index (χ1v) is 23.8. The van der Waals surface area contributed by atoms with E-state index in [1.165, 1.54) is 0 Å². The molecule has 2 heterocycles. The molecule has 2 atom stereocenters. The second-order valence-corrected chi connectivity index (χ2v) is 20.0. The summed E-state index contributed by atoms with van der Waals surface area (Å²) in [6.45, 7) is 13.3. The van der Waals surface area contributed by atoms with E-state index in [-0.39, 0.29) is 28.9 Å². The van der Waals surface area contributed by atoms with Gasteiger partial charge in [-0.3, -0.25) is 13.8 Å². The Morgan fingerprint density at radius 1 is 0.712 bits per heavy atom. The summed E-state index contributed by atoms with van der Waals surface area (Å²) in [5.41, 5.74) is 5.28. The highest BCUT2D eigenvalue weighted by molar-refractivity contribution is 7.93. The van der Waals surface area contributed by atoms with E-state index in [4.69, 9.17) is 4.74 Å². The van der Waals surface area contributed by atoms with Crippen LogP contribution in [0.25, 0.3) is 0 Å². The van der Waals surface area contributed by atoms with Gasteiger partial charge in [0.1, 0.15) is 6.54 Å². The van der Waals surface area contributed by atoms with Crippen LogP contribution in [0, 0.1) is 0 Å². The van der Waals surface area contributed by atoms with Gasteiger partial charge in [-0.1, -0.05) is 76.2 Å². The van der Waals surface area contributed by atoms with Crippen molar-refractivity contribution in [3.63, 3.8) is 0 Å². The Kier molecular flexibility index (Phi) is 14.9. The van der Waals surface area contributed by atoms with Gasteiger partial charge in [0.2, 0.25) is 0 Å². The largest absolute Gasteiger partial charge is 0.464 e. The molecule has 6 rings (SSSR count). The van der Waals surface area contributed by atoms with Crippen molar-refractivity contribution in [3.8, 4) is 0 Å². The maximum Gasteiger partial charge on any atom is 0.326 e. The molecule has 4 aromatic carbocycles. The summed E-state index contributed by atoms with van der Waals surface area (Å²) in [5.74, 6) is 0.562. The number of hydrogen-bond acceptors (Lipinski definition) is 9. The normalized spacial score (nSPS) is 17.8. The zero-order chi connectivity index (χ0) is 42.2. The zero-order valence-electron chi connectivity index (χ0n) is 34.8. The number of nitrogens with one attached hydrogen (secondary N) is 1. The third-order valence-electron chi connectivity index (χ3n) is 11.6. The number of carbonyl (C=O) groups excluding carboxylic acids is 1. The molecule has 59 heavy (non-hydrogen) atoms. The smallest absolute Gasteiger partial charge is 0.326 e. The fourth-order valence-electron chi connectivity index (χ4n) is 8.00. The lowest BCUT2D eigenvalue weighted by Gasteiger charge is -2.25. The van der Waals surface area contributed by atoms with E-state index >= 15 is 0 Å². The lowest BCUT2D eigenvalue weighted by atomic mass is 9.98. The highest BCUT2D eigenvalue weighted by atomic mass is 32.2. The van der Waals surface area contributed by atoms with Crippen molar-refractivity contribution in [3.05, 3.63) is 119 Å². The van der Waals surface area contributed by atoms with Crippen LogP contribution in [0.4, 0.5) is 11.4 Å². The van der Waals surface area contributed by atoms with Gasteiger partial charge in [-0.25, -0.2) is 16.8 Å². The van der Waals surface area contributed by atoms with Gasteiger partial charge in [0, 0.05) is 38.5 Å². The van der Waals surface area contributed by atoms with E-state index in [0.717, 1.165) is 85.1 Å². The van der Waals surface area contributed by atoms with Crippen molar-refractivity contribution in [1.82, 2.24) is 9.80 Å². The van der Waals surface area contributed by atoms with Gasteiger partial charge >= 0.3 is 5.97 Å². The number of ether oxygens (including phenoxy) is 1. The monoisotopic (exact) mass is 844 g/mol. The molecule has 0 unspecified atom stereocenters. The third kappa shape index (κ3) is 11.5. The topological polar surface area (TPSA) is 137 Å². The predicted octanol–water partition coefficient (Wildman–Crippen LogP) is 7.52. The Labute approximate surface area is 351 Å². The Balaban J connectivity index is 1.01. The van der Waals surface area contributed by atoms with E-state index < -0.39 is 32.6 Å². The van der Waals surface area contributed by atoms with Gasteiger partial charge in [0.15, 0.2) is 0 Å². The molecule has 4 aromatic rings. The maximum atomic E-state index is 14.1. The lowest BCUT2D eigenvalue weighted by Crippen LogP contribution is -2.37. The molecule has 0 amide bonds. The third-order valence-corrected chi connectivity index (χ3v) is 14.8. The second kappa shape index (κ2) is 19.9. The highest BCUT2D eigenvalue weighted by Crippen LogP contribution is 2.32. The molecular formula is C46H60N4O7S2. The van der Waals surface area contributed by atoms with Crippen molar-refractivity contribution >= 4 is 37.4 Å². The van der Waals surface area contributed by atoms with Crippen LogP contribution in [0.15, 0.2) is 107 Å². The van der Waals surface area contributed by atoms with Gasteiger partial charge in [-0.15, -0.1) is 0 Å². The molecule has 2 N–H and O–H groups in total. The van der Waals surface area contributed by atoms with Gasteiger partial charge < -0.3 is 19.6 Å². The second-order valence-electron chi connectivity index (χ2n) is 16.5. The quantitative estimate of drug-likeness (QED) is 0.0726. The minimum Gasteiger partial charge on any atom is -0.464 e. The van der Waals surface area contributed by atoms with Crippen LogP contribution in [0.3, 0.4) is 0 Å². The molecule has 0 aliphatic carbocycles. The molecule has 0 spiro atoms. The number of likely N-dealkylation sites (tertiary alicyclic amines) is 2. The highest BCUT2D eigenvalue weighted by Gasteiger charge is 2.30. The number of rotatable bonds is 19. The Morgan fingerprint density at radius 2 is 1.20 bits per heavy atom. The van der Waals surface area contributed by atoms with E-state index in [1.54, 1.807) is 48.5 Å². The van der Waals surface area contributed by atoms with Gasteiger partial charge in [0.05, 0.1) is 22.1 Å². The molecule has 11 nitrogen and oxygen atoms in total. The summed E-state index contributed by atoms with van der Waals surface area (Å²) in [4.78, 5) is 18.3. The molecular weight excluding hydrogens is 785 g/mol. The summed E-state index contributed by atoms with van der Waals surface area (Å²) in [6, 6.07) is 28.8. The minimum absolute atomic E-state index is 0.112. The van der Waals surface area contributed by atoms with Crippen molar-refractivity contribution in [2.75, 3.05) is 68.1 Å². The van der Waals surface area contributed by atoms with Crippen LogP contribution in [-0.4, -0.2) is 96.7 Å². The number of carbonyl (C=O) groups is 1. The number of esters is 1. The first-order chi connectivity index (χ1) is 28.2. The SMILES string of the molecule is CC(C)c1ccc(S(=O)(=O)Nc2ccc([C@@H]3CCN(CCCOC(=O)CN(c4ccc([C@@H]5CCN(CCCO)C5)cc4)S(=O)(=O)c4ccc(C(C)C)cc4)C3)cc2)cc1. The number of hydrogen-bond donors (Lipinski definition) is 2. The summed E-state index contributed by atoms with van der Waals surface area (Å²) in [7, 11) is -7.79. The van der Waals surface area contributed by atoms with Crippen LogP contribution in [0.1, 0.15) is 99.3 Å². The number of aliphatic hydroxyl groups is 1. The van der Waals surface area contributed by atoms with Crippen molar-refractivity contribution in [2.45, 2.75) is 86.8 Å². The molecule has 2 fully saturated rings. The molecule has 0 radical (unpaired) electrons. The number of benzene rings is 4. The lowest BCUT2D eigenvalue weighted by molar-refractivity contribution is -0.141. The van der Waals surface area contributed by atoms with Crippen LogP contribution in [-0.2, 0) is 29.6 Å². The first-order valence-electron chi connectivity index (χ1n) is 20.9. The Morgan fingerprint density at radius 3 is 1.71 bits per heavy atom. The van der Waals surface area contributed by atoms with Crippen molar-refractivity contribution < 1.29 is 31.5 Å². The molecule has 2 aliphatic rings. The van der Waals surface area contributed by atoms with Crippen LogP contribution in [0.2, 0.25) is 0 Å². The van der Waals surface area contributed by atoms with E-state index in [0.29, 0.717) is 35.5 Å². The molecule has 318 valence electrons. The van der Waals surface area contributed by atoms with E-state index in [9.17, 15) is 26.7 Å². The summed E-state index contributed by atoms with van der Waals surface area (Å²) < 4.78 is 63.7. The summed E-state index contributed by atoms with van der Waals surface area (Å²) >= 11 is 0. The van der Waals surface area contributed by atoms with Crippen molar-refractivity contribution in [1.29, 1.82) is 0 Å². The molecule has 2 saturated heterocycles. The van der Waals surface area contributed by atoms with Gasteiger partial charge in [-0.05, 0) is 133 Å². The standard InChI is InChI=1S/C46H60N4O7S2/c1-34(2)36-11-19-44(20-12-36)58(53,54)47-42-15-7-38(8-16-42)40-24-28-49(32-40)26-6-30-57-46(52)33-50(59(55,56)45-21-13-37(14-22-45)35(3)4)43-17-9-39(10-18-43)41-23-27-48(31-41)25-5-29-51/h7-22,34-35,40-41,47,51H,5-6,23-33H2,1-4H3/t40-,41-/m1/s1. The number of sulfonamides is 2. The number of anilines is 2. The maximum absolute atomic E-state index is 14.1. The average Bonchev–Trinajstić information content (AvgIpc) is 3.91. The summed E-state index contributed by atoms with van der Waals surface area (Å²) in [5, 5.41) is 9.23. The summed E-state index contributed by atoms with van der Waals surface area (Å²) in [6.07, 6.45) is 3.30. The molecule has 0 saturated carbocycles. The number of aliphatic hydroxyl groups excluding tert-OH is 1. The minimum atomic E-state index is -4.09. The predicted molar refractivity (Wildman–Crippen MR) is 234 cm³/mol. The average molecular weight is 845 g/mol. The van der Waals surface area contributed by atoms with Gasteiger partial charge in [0.25, 0.3) is 20.0 Å². The Hall–Kier alpha value is -4.27. The Bertz CT molecular complexity index is 2200. The van der Waals surface area contributed by atoms with E-state index in [1.807, 2.05) is 48.5 Å².